The molecule has 0 spiro atoms. The molecule has 0 bridgehead atoms. The van der Waals surface area contributed by atoms with Gasteiger partial charge in [-0.25, -0.2) is 0 Å². The Balaban J connectivity index is 1.25. The third-order valence-corrected chi connectivity index (χ3v) is 11.9. The van der Waals surface area contributed by atoms with Gasteiger partial charge in [0.05, 0.1) is 0 Å². The fourth-order valence-electron chi connectivity index (χ4n) is 9.76. The number of fused-ring (bicyclic) bond motifs is 5. The largest absolute Gasteiger partial charge is 0.490 e. The van der Waals surface area contributed by atoms with Crippen LogP contribution in [0.3, 0.4) is 0 Å². The SMILES string of the molecule is C=C(C)c1ccc(OC2CC[C@@]3(C)C(=CCC4C3CC[C@@]3(C)C4CC[C@@H]3[C@H](C)CCCC(C)C)C2)cc1. The summed E-state index contributed by atoms with van der Waals surface area (Å²) in [6.45, 7) is 18.8. The number of benzene rings is 1. The zero-order chi connectivity index (χ0) is 26.4. The maximum Gasteiger partial charge on any atom is 0.119 e. The second kappa shape index (κ2) is 10.6. The van der Waals surface area contributed by atoms with Crippen LogP contribution in [0, 0.1) is 46.3 Å². The van der Waals surface area contributed by atoms with Crippen molar-refractivity contribution in [3.8, 4) is 5.75 Å². The molecule has 0 radical (unpaired) electrons. The minimum atomic E-state index is 0.322. The molecule has 204 valence electrons. The van der Waals surface area contributed by atoms with Crippen LogP contribution in [0.5, 0.6) is 5.75 Å². The van der Waals surface area contributed by atoms with Crippen LogP contribution in [0.1, 0.15) is 118 Å². The average Bonchev–Trinajstić information content (AvgIpc) is 3.21. The molecule has 4 unspecified atom stereocenters. The van der Waals surface area contributed by atoms with E-state index >= 15 is 0 Å². The molecule has 4 aliphatic rings. The summed E-state index contributed by atoms with van der Waals surface area (Å²) >= 11 is 0. The standard InChI is InChI=1S/C36H54O/c1-24(2)9-8-10-26(5)32-17-18-33-31-16-13-28-23-30(37-29-14-11-27(12-15-29)25(3)4)19-21-35(28,6)34(31)20-22-36(32,33)7/h11-15,24,26,30-34H,3,8-10,16-23H2,1-2,4-7H3/t26-,30?,31?,32-,33?,34?,35+,36-/m1/s1. The van der Waals surface area contributed by atoms with Gasteiger partial charge in [-0.1, -0.05) is 89.8 Å². The van der Waals surface area contributed by atoms with Gasteiger partial charge in [0, 0.05) is 6.42 Å². The Labute approximate surface area is 228 Å². The molecule has 8 atom stereocenters. The van der Waals surface area contributed by atoms with Crippen LogP contribution >= 0.6 is 0 Å². The third kappa shape index (κ3) is 5.10. The average molecular weight is 503 g/mol. The first-order chi connectivity index (χ1) is 17.6. The predicted molar refractivity (Wildman–Crippen MR) is 159 cm³/mol. The summed E-state index contributed by atoms with van der Waals surface area (Å²) in [5.41, 5.74) is 5.02. The molecule has 5 rings (SSSR count). The van der Waals surface area contributed by atoms with Gasteiger partial charge in [0.15, 0.2) is 0 Å². The summed E-state index contributed by atoms with van der Waals surface area (Å²) in [5, 5.41) is 0. The van der Waals surface area contributed by atoms with Crippen molar-refractivity contribution in [3.05, 3.63) is 48.1 Å². The molecule has 3 fully saturated rings. The molecule has 1 heteroatoms. The molecule has 3 saturated carbocycles. The lowest BCUT2D eigenvalue weighted by molar-refractivity contribution is -0.0559. The van der Waals surface area contributed by atoms with Gasteiger partial charge < -0.3 is 4.74 Å². The van der Waals surface area contributed by atoms with Crippen molar-refractivity contribution in [1.82, 2.24) is 0 Å². The lowest BCUT2D eigenvalue weighted by Crippen LogP contribution is -2.51. The fourth-order valence-corrected chi connectivity index (χ4v) is 9.76. The summed E-state index contributed by atoms with van der Waals surface area (Å²) < 4.78 is 6.52. The van der Waals surface area contributed by atoms with E-state index in [0.717, 1.165) is 53.3 Å². The molecule has 4 aliphatic carbocycles. The van der Waals surface area contributed by atoms with E-state index < -0.39 is 0 Å². The fraction of sp³-hybridized carbons (Fsp3) is 0.722. The van der Waals surface area contributed by atoms with Crippen LogP contribution < -0.4 is 4.74 Å². The Morgan fingerprint density at radius 3 is 2.43 bits per heavy atom. The minimum absolute atomic E-state index is 0.322. The number of rotatable bonds is 8. The van der Waals surface area contributed by atoms with Crippen LogP contribution in [0.2, 0.25) is 0 Å². The first-order valence-electron chi connectivity index (χ1n) is 15.7. The van der Waals surface area contributed by atoms with Crippen molar-refractivity contribution in [2.45, 2.75) is 118 Å². The molecule has 37 heavy (non-hydrogen) atoms. The van der Waals surface area contributed by atoms with Crippen molar-refractivity contribution in [3.63, 3.8) is 0 Å². The van der Waals surface area contributed by atoms with Crippen LogP contribution in [0.4, 0.5) is 0 Å². The Morgan fingerprint density at radius 2 is 1.73 bits per heavy atom. The third-order valence-electron chi connectivity index (χ3n) is 11.9. The highest BCUT2D eigenvalue weighted by Gasteiger charge is 2.59. The molecule has 0 aromatic heterocycles. The predicted octanol–water partition coefficient (Wildman–Crippen LogP) is 10.5. The smallest absolute Gasteiger partial charge is 0.119 e. The minimum Gasteiger partial charge on any atom is -0.490 e. The second-order valence-electron chi connectivity index (χ2n) is 14.6. The maximum absolute atomic E-state index is 6.52. The topological polar surface area (TPSA) is 9.23 Å². The van der Waals surface area contributed by atoms with Crippen molar-refractivity contribution < 1.29 is 4.74 Å². The Kier molecular flexibility index (Phi) is 7.74. The Hall–Kier alpha value is -1.50. The van der Waals surface area contributed by atoms with Crippen LogP contribution in [-0.4, -0.2) is 6.10 Å². The van der Waals surface area contributed by atoms with E-state index in [0.29, 0.717) is 16.9 Å². The van der Waals surface area contributed by atoms with Crippen molar-refractivity contribution >= 4 is 5.57 Å². The summed E-state index contributed by atoms with van der Waals surface area (Å²) in [4.78, 5) is 0. The van der Waals surface area contributed by atoms with E-state index in [1.165, 1.54) is 69.8 Å². The molecule has 0 aliphatic heterocycles. The molecule has 1 nitrogen and oxygen atoms in total. The van der Waals surface area contributed by atoms with E-state index in [1.807, 2.05) is 0 Å². The zero-order valence-corrected chi connectivity index (χ0v) is 24.8. The molecule has 0 amide bonds. The molecule has 0 N–H and O–H groups in total. The highest BCUT2D eigenvalue weighted by atomic mass is 16.5. The van der Waals surface area contributed by atoms with Gasteiger partial charge in [-0.2, -0.15) is 0 Å². The summed E-state index contributed by atoms with van der Waals surface area (Å²) in [6, 6.07) is 8.55. The van der Waals surface area contributed by atoms with Crippen LogP contribution in [0.25, 0.3) is 5.57 Å². The maximum atomic E-state index is 6.52. The number of allylic oxidation sites excluding steroid dienone is 2. The molecular formula is C36H54O. The number of ether oxygens (including phenoxy) is 1. The van der Waals surface area contributed by atoms with E-state index in [9.17, 15) is 0 Å². The number of hydrogen-bond acceptors (Lipinski definition) is 1. The van der Waals surface area contributed by atoms with Gasteiger partial charge in [0.1, 0.15) is 11.9 Å². The second-order valence-corrected chi connectivity index (χ2v) is 14.6. The van der Waals surface area contributed by atoms with Gasteiger partial charge in [-0.3, -0.25) is 0 Å². The van der Waals surface area contributed by atoms with E-state index in [2.05, 4.69) is 78.5 Å². The lowest BCUT2D eigenvalue weighted by atomic mass is 9.47. The molecule has 0 heterocycles. The first-order valence-corrected chi connectivity index (χ1v) is 15.7. The Bertz CT molecular complexity index is 984. The summed E-state index contributed by atoms with van der Waals surface area (Å²) in [7, 11) is 0. The quantitative estimate of drug-likeness (QED) is 0.321. The van der Waals surface area contributed by atoms with Gasteiger partial charge >= 0.3 is 0 Å². The first kappa shape index (κ1) is 27.1. The number of hydrogen-bond donors (Lipinski definition) is 0. The Morgan fingerprint density at radius 1 is 0.973 bits per heavy atom. The van der Waals surface area contributed by atoms with E-state index in [-0.39, 0.29) is 0 Å². The molecule has 1 aromatic carbocycles. The molecular weight excluding hydrogens is 448 g/mol. The van der Waals surface area contributed by atoms with Crippen molar-refractivity contribution in [1.29, 1.82) is 0 Å². The van der Waals surface area contributed by atoms with Gasteiger partial charge in [0.25, 0.3) is 0 Å². The van der Waals surface area contributed by atoms with Crippen LogP contribution in [-0.2, 0) is 0 Å². The monoisotopic (exact) mass is 502 g/mol. The zero-order valence-electron chi connectivity index (χ0n) is 24.8. The highest BCUT2D eigenvalue weighted by molar-refractivity contribution is 5.61. The van der Waals surface area contributed by atoms with Crippen molar-refractivity contribution in [2.24, 2.45) is 46.3 Å². The van der Waals surface area contributed by atoms with Gasteiger partial charge in [0.2, 0.25) is 0 Å². The van der Waals surface area contributed by atoms with E-state index in [4.69, 9.17) is 4.74 Å². The lowest BCUT2D eigenvalue weighted by Gasteiger charge is -2.58. The molecule has 1 aromatic rings. The van der Waals surface area contributed by atoms with E-state index in [1.54, 1.807) is 5.57 Å². The normalized spacial score (nSPS) is 37.8. The van der Waals surface area contributed by atoms with Crippen molar-refractivity contribution in [2.75, 3.05) is 0 Å². The van der Waals surface area contributed by atoms with Gasteiger partial charge in [-0.05, 0) is 116 Å². The summed E-state index contributed by atoms with van der Waals surface area (Å²) in [5.74, 6) is 6.45. The summed E-state index contributed by atoms with van der Waals surface area (Å²) in [6.07, 6.45) is 18.1. The highest BCUT2D eigenvalue weighted by Crippen LogP contribution is 2.67. The molecule has 0 saturated heterocycles. The van der Waals surface area contributed by atoms with Crippen LogP contribution in [0.15, 0.2) is 42.5 Å². The van der Waals surface area contributed by atoms with Gasteiger partial charge in [-0.15, -0.1) is 0 Å².